The van der Waals surface area contributed by atoms with E-state index in [1.54, 1.807) is 0 Å². The molecule has 0 heterocycles. The van der Waals surface area contributed by atoms with Crippen molar-refractivity contribution >= 4 is 5.97 Å². The standard InChI is InChI=1S/C8H17NO3/c1-3-4-5-6-8(9,11)7(10)12-2/h11H,3-6,9H2,1-2H3. The molecular weight excluding hydrogens is 158 g/mol. The Hall–Kier alpha value is -0.610. The van der Waals surface area contributed by atoms with Gasteiger partial charge in [-0.1, -0.05) is 19.8 Å². The van der Waals surface area contributed by atoms with Crippen molar-refractivity contribution in [3.05, 3.63) is 0 Å². The van der Waals surface area contributed by atoms with Gasteiger partial charge in [0.2, 0.25) is 5.72 Å². The molecule has 0 aromatic carbocycles. The zero-order valence-corrected chi connectivity index (χ0v) is 7.67. The van der Waals surface area contributed by atoms with Gasteiger partial charge in [0.1, 0.15) is 0 Å². The molecule has 0 saturated carbocycles. The summed E-state index contributed by atoms with van der Waals surface area (Å²) in [5.41, 5.74) is 3.49. The fraction of sp³-hybridized carbons (Fsp3) is 0.875. The number of ether oxygens (including phenoxy) is 1. The monoisotopic (exact) mass is 175 g/mol. The van der Waals surface area contributed by atoms with Crippen molar-refractivity contribution in [2.24, 2.45) is 5.73 Å². The van der Waals surface area contributed by atoms with E-state index in [4.69, 9.17) is 5.73 Å². The van der Waals surface area contributed by atoms with Crippen molar-refractivity contribution in [2.45, 2.75) is 38.3 Å². The lowest BCUT2D eigenvalue weighted by atomic mass is 10.1. The summed E-state index contributed by atoms with van der Waals surface area (Å²) in [4.78, 5) is 10.8. The molecule has 0 saturated heterocycles. The molecular formula is C8H17NO3. The van der Waals surface area contributed by atoms with Crippen LogP contribution in [0.2, 0.25) is 0 Å². The van der Waals surface area contributed by atoms with Crippen LogP contribution in [0.4, 0.5) is 0 Å². The zero-order valence-electron chi connectivity index (χ0n) is 7.67. The van der Waals surface area contributed by atoms with Gasteiger partial charge in [-0.2, -0.15) is 0 Å². The third-order valence-corrected chi connectivity index (χ3v) is 1.70. The predicted molar refractivity (Wildman–Crippen MR) is 45.3 cm³/mol. The van der Waals surface area contributed by atoms with Crippen molar-refractivity contribution in [1.29, 1.82) is 0 Å². The third kappa shape index (κ3) is 3.69. The minimum atomic E-state index is -1.80. The first-order valence-corrected chi connectivity index (χ1v) is 4.14. The molecule has 12 heavy (non-hydrogen) atoms. The molecule has 1 unspecified atom stereocenters. The van der Waals surface area contributed by atoms with E-state index >= 15 is 0 Å². The fourth-order valence-corrected chi connectivity index (χ4v) is 0.923. The molecule has 0 aliphatic rings. The second kappa shape index (κ2) is 5.11. The maximum absolute atomic E-state index is 10.8. The number of carbonyl (C=O) groups is 1. The molecule has 0 spiro atoms. The molecule has 1 atom stereocenters. The third-order valence-electron chi connectivity index (χ3n) is 1.70. The van der Waals surface area contributed by atoms with E-state index in [9.17, 15) is 9.90 Å². The van der Waals surface area contributed by atoms with Crippen LogP contribution in [0.5, 0.6) is 0 Å². The number of hydrogen-bond acceptors (Lipinski definition) is 4. The van der Waals surface area contributed by atoms with Gasteiger partial charge in [-0.15, -0.1) is 0 Å². The topological polar surface area (TPSA) is 72.5 Å². The summed E-state index contributed by atoms with van der Waals surface area (Å²) < 4.78 is 4.33. The summed E-state index contributed by atoms with van der Waals surface area (Å²) in [6.45, 7) is 2.04. The van der Waals surface area contributed by atoms with Gasteiger partial charge in [-0.3, -0.25) is 5.73 Å². The predicted octanol–water partition coefficient (Wildman–Crippen LogP) is 0.387. The molecule has 0 radical (unpaired) electrons. The van der Waals surface area contributed by atoms with Crippen LogP contribution in [0.25, 0.3) is 0 Å². The first-order chi connectivity index (χ1) is 5.54. The molecule has 0 rings (SSSR count). The fourth-order valence-electron chi connectivity index (χ4n) is 0.923. The van der Waals surface area contributed by atoms with Crippen LogP contribution in [0, 0.1) is 0 Å². The molecule has 4 heteroatoms. The zero-order chi connectivity index (χ0) is 9.61. The molecule has 0 bridgehead atoms. The Labute approximate surface area is 72.7 Å². The Balaban J connectivity index is 3.78. The number of carbonyl (C=O) groups excluding carboxylic acids is 1. The van der Waals surface area contributed by atoms with Crippen LogP contribution < -0.4 is 5.73 Å². The molecule has 0 aromatic rings. The maximum Gasteiger partial charge on any atom is 0.353 e. The lowest BCUT2D eigenvalue weighted by molar-refractivity contribution is -0.162. The average molecular weight is 175 g/mol. The quantitative estimate of drug-likeness (QED) is 0.360. The highest BCUT2D eigenvalue weighted by molar-refractivity contribution is 5.78. The van der Waals surface area contributed by atoms with E-state index in [0.29, 0.717) is 0 Å². The highest BCUT2D eigenvalue weighted by Gasteiger charge is 2.31. The SMILES string of the molecule is CCCCCC(N)(O)C(=O)OC. The van der Waals surface area contributed by atoms with Crippen molar-refractivity contribution in [3.8, 4) is 0 Å². The van der Waals surface area contributed by atoms with Gasteiger partial charge in [-0.25, -0.2) is 4.79 Å². The van der Waals surface area contributed by atoms with E-state index in [2.05, 4.69) is 4.74 Å². The second-order valence-electron chi connectivity index (χ2n) is 2.87. The van der Waals surface area contributed by atoms with Crippen molar-refractivity contribution in [1.82, 2.24) is 0 Å². The largest absolute Gasteiger partial charge is 0.466 e. The smallest absolute Gasteiger partial charge is 0.353 e. The van der Waals surface area contributed by atoms with Crippen molar-refractivity contribution < 1.29 is 14.6 Å². The number of rotatable bonds is 5. The lowest BCUT2D eigenvalue weighted by Crippen LogP contribution is -2.48. The van der Waals surface area contributed by atoms with Gasteiger partial charge in [-0.05, 0) is 6.42 Å². The molecule has 0 aliphatic carbocycles. The Morgan fingerprint density at radius 2 is 2.17 bits per heavy atom. The first kappa shape index (κ1) is 11.4. The van der Waals surface area contributed by atoms with Crippen molar-refractivity contribution in [3.63, 3.8) is 0 Å². The molecule has 72 valence electrons. The normalized spacial score (nSPS) is 15.3. The van der Waals surface area contributed by atoms with Gasteiger partial charge >= 0.3 is 5.97 Å². The molecule has 4 nitrogen and oxygen atoms in total. The van der Waals surface area contributed by atoms with E-state index in [0.717, 1.165) is 19.3 Å². The molecule has 3 N–H and O–H groups in total. The van der Waals surface area contributed by atoms with Crippen LogP contribution in [0.15, 0.2) is 0 Å². The van der Waals surface area contributed by atoms with Gasteiger partial charge < -0.3 is 9.84 Å². The minimum absolute atomic E-state index is 0.257. The van der Waals surface area contributed by atoms with E-state index in [1.165, 1.54) is 7.11 Å². The van der Waals surface area contributed by atoms with Gasteiger partial charge in [0.05, 0.1) is 7.11 Å². The number of methoxy groups -OCH3 is 1. The van der Waals surface area contributed by atoms with Crippen LogP contribution in [-0.4, -0.2) is 23.9 Å². The summed E-state index contributed by atoms with van der Waals surface area (Å²) in [6, 6.07) is 0. The Morgan fingerprint density at radius 1 is 1.58 bits per heavy atom. The summed E-state index contributed by atoms with van der Waals surface area (Å²) in [7, 11) is 1.21. The van der Waals surface area contributed by atoms with E-state index in [-0.39, 0.29) is 6.42 Å². The van der Waals surface area contributed by atoms with Gasteiger partial charge in [0, 0.05) is 6.42 Å². The molecule has 0 aliphatic heterocycles. The Kier molecular flexibility index (Phi) is 4.85. The number of hydrogen-bond donors (Lipinski definition) is 2. The summed E-state index contributed by atoms with van der Waals surface area (Å²) >= 11 is 0. The second-order valence-corrected chi connectivity index (χ2v) is 2.87. The lowest BCUT2D eigenvalue weighted by Gasteiger charge is -2.19. The minimum Gasteiger partial charge on any atom is -0.466 e. The number of unbranched alkanes of at least 4 members (excludes halogenated alkanes) is 2. The molecule has 0 aromatic heterocycles. The van der Waals surface area contributed by atoms with E-state index in [1.807, 2.05) is 6.92 Å². The van der Waals surface area contributed by atoms with E-state index < -0.39 is 11.7 Å². The van der Waals surface area contributed by atoms with Gasteiger partial charge in [0.15, 0.2) is 0 Å². The average Bonchev–Trinajstić information content (AvgIpc) is 2.03. The van der Waals surface area contributed by atoms with Crippen molar-refractivity contribution in [2.75, 3.05) is 7.11 Å². The highest BCUT2D eigenvalue weighted by atomic mass is 16.5. The van der Waals surface area contributed by atoms with Crippen LogP contribution in [-0.2, 0) is 9.53 Å². The van der Waals surface area contributed by atoms with Crippen LogP contribution >= 0.6 is 0 Å². The molecule has 0 amide bonds. The Morgan fingerprint density at radius 3 is 2.58 bits per heavy atom. The summed E-state index contributed by atoms with van der Waals surface area (Å²) in [6.07, 6.45) is 2.97. The van der Waals surface area contributed by atoms with Crippen LogP contribution in [0.3, 0.4) is 0 Å². The Bertz CT molecular complexity index is 145. The molecule has 0 fully saturated rings. The van der Waals surface area contributed by atoms with Gasteiger partial charge in [0.25, 0.3) is 0 Å². The first-order valence-electron chi connectivity index (χ1n) is 4.14. The number of nitrogens with two attached hydrogens (primary N) is 1. The number of aliphatic hydroxyl groups is 1. The maximum atomic E-state index is 10.8. The summed E-state index contributed by atoms with van der Waals surface area (Å²) in [5.74, 6) is -0.765. The number of esters is 1. The van der Waals surface area contributed by atoms with Crippen LogP contribution in [0.1, 0.15) is 32.6 Å². The summed E-state index contributed by atoms with van der Waals surface area (Å²) in [5, 5.41) is 9.31. The highest BCUT2D eigenvalue weighted by Crippen LogP contribution is 2.10.